The third-order valence-electron chi connectivity index (χ3n) is 2.53. The maximum Gasteiger partial charge on any atom is 0.0956 e. The number of aromatic amines is 1. The first-order valence-electron chi connectivity index (χ1n) is 4.91. The minimum Gasteiger partial charge on any atom is -0.501 e. The van der Waals surface area contributed by atoms with E-state index in [1.165, 1.54) is 11.3 Å². The Morgan fingerprint density at radius 1 is 1.36 bits per heavy atom. The van der Waals surface area contributed by atoms with Gasteiger partial charge in [0.15, 0.2) is 0 Å². The van der Waals surface area contributed by atoms with E-state index in [1.54, 1.807) is 7.11 Å². The van der Waals surface area contributed by atoms with Gasteiger partial charge in [-0.1, -0.05) is 11.6 Å². The molecule has 0 saturated heterocycles. The zero-order valence-corrected chi connectivity index (χ0v) is 8.42. The highest BCUT2D eigenvalue weighted by Crippen LogP contribution is 2.20. The highest BCUT2D eigenvalue weighted by molar-refractivity contribution is 5.23. The molecule has 1 aromatic heterocycles. The van der Waals surface area contributed by atoms with Crippen molar-refractivity contribution in [2.24, 2.45) is 0 Å². The minimum atomic E-state index is 0.937. The van der Waals surface area contributed by atoms with Crippen molar-refractivity contribution in [3.63, 3.8) is 0 Å². The van der Waals surface area contributed by atoms with Gasteiger partial charge in [-0.15, -0.1) is 0 Å². The standard InChI is InChI=1S/C12H15NO/c1-14-12-6-4-10(5-7-12)9-11-3-2-8-13-11/h2-4,7-8,13H,5-6,9H2,1H3. The molecular weight excluding hydrogens is 174 g/mol. The summed E-state index contributed by atoms with van der Waals surface area (Å²) in [4.78, 5) is 3.22. The fourth-order valence-electron chi connectivity index (χ4n) is 1.69. The Labute approximate surface area is 84.3 Å². The summed E-state index contributed by atoms with van der Waals surface area (Å²) in [5.41, 5.74) is 2.75. The number of rotatable bonds is 3. The van der Waals surface area contributed by atoms with Crippen LogP contribution in [0.25, 0.3) is 0 Å². The lowest BCUT2D eigenvalue weighted by atomic mass is 10.0. The van der Waals surface area contributed by atoms with Crippen LogP contribution >= 0.6 is 0 Å². The van der Waals surface area contributed by atoms with Crippen molar-refractivity contribution in [2.45, 2.75) is 19.3 Å². The second-order valence-corrected chi connectivity index (χ2v) is 3.52. The zero-order chi connectivity index (χ0) is 9.80. The monoisotopic (exact) mass is 189 g/mol. The number of hydrogen-bond donors (Lipinski definition) is 1. The first-order chi connectivity index (χ1) is 6.88. The van der Waals surface area contributed by atoms with E-state index in [0.29, 0.717) is 0 Å². The van der Waals surface area contributed by atoms with E-state index in [0.717, 1.165) is 25.0 Å². The predicted molar refractivity (Wildman–Crippen MR) is 56.9 cm³/mol. The lowest BCUT2D eigenvalue weighted by molar-refractivity contribution is 0.281. The van der Waals surface area contributed by atoms with Crippen LogP contribution in [0.5, 0.6) is 0 Å². The molecule has 1 aliphatic carbocycles. The molecule has 1 N–H and O–H groups in total. The molecule has 1 heterocycles. The minimum absolute atomic E-state index is 0.937. The number of nitrogens with one attached hydrogen (secondary N) is 1. The molecule has 2 rings (SSSR count). The molecule has 74 valence electrons. The van der Waals surface area contributed by atoms with Crippen molar-refractivity contribution in [3.8, 4) is 0 Å². The molecule has 0 unspecified atom stereocenters. The van der Waals surface area contributed by atoms with Gasteiger partial charge in [0.25, 0.3) is 0 Å². The van der Waals surface area contributed by atoms with Gasteiger partial charge in [0.2, 0.25) is 0 Å². The van der Waals surface area contributed by atoms with Gasteiger partial charge < -0.3 is 9.72 Å². The van der Waals surface area contributed by atoms with Crippen molar-refractivity contribution < 1.29 is 4.74 Å². The number of methoxy groups -OCH3 is 1. The summed E-state index contributed by atoms with van der Waals surface area (Å²) >= 11 is 0. The molecular formula is C12H15NO. The quantitative estimate of drug-likeness (QED) is 0.727. The zero-order valence-electron chi connectivity index (χ0n) is 8.42. The highest BCUT2D eigenvalue weighted by Gasteiger charge is 2.06. The molecule has 14 heavy (non-hydrogen) atoms. The van der Waals surface area contributed by atoms with E-state index < -0.39 is 0 Å². The third kappa shape index (κ3) is 2.08. The molecule has 0 aromatic carbocycles. The average molecular weight is 189 g/mol. The summed E-state index contributed by atoms with van der Waals surface area (Å²) in [6, 6.07) is 4.16. The maximum atomic E-state index is 5.18. The number of allylic oxidation sites excluding steroid dienone is 3. The lowest BCUT2D eigenvalue weighted by Crippen LogP contribution is -1.97. The molecule has 0 radical (unpaired) electrons. The summed E-state index contributed by atoms with van der Waals surface area (Å²) in [7, 11) is 1.73. The second kappa shape index (κ2) is 4.18. The van der Waals surface area contributed by atoms with Crippen LogP contribution in [0.15, 0.2) is 41.8 Å². The van der Waals surface area contributed by atoms with E-state index in [9.17, 15) is 0 Å². The maximum absolute atomic E-state index is 5.18. The van der Waals surface area contributed by atoms with Gasteiger partial charge in [-0.05, 0) is 24.6 Å². The Morgan fingerprint density at radius 2 is 2.29 bits per heavy atom. The Kier molecular flexibility index (Phi) is 2.73. The topological polar surface area (TPSA) is 25.0 Å². The van der Waals surface area contributed by atoms with Crippen LogP contribution in [0.3, 0.4) is 0 Å². The summed E-state index contributed by atoms with van der Waals surface area (Å²) in [5.74, 6) is 1.08. The van der Waals surface area contributed by atoms with Crippen LogP contribution in [0, 0.1) is 0 Å². The molecule has 0 fully saturated rings. The van der Waals surface area contributed by atoms with Crippen LogP contribution in [-0.2, 0) is 11.2 Å². The smallest absolute Gasteiger partial charge is 0.0956 e. The van der Waals surface area contributed by atoms with Crippen molar-refractivity contribution in [1.82, 2.24) is 4.98 Å². The van der Waals surface area contributed by atoms with Gasteiger partial charge in [0, 0.05) is 24.7 Å². The Bertz CT molecular complexity index is 346. The molecule has 0 bridgehead atoms. The normalized spacial score (nSPS) is 16.1. The molecule has 2 nitrogen and oxygen atoms in total. The molecule has 0 saturated carbocycles. The van der Waals surface area contributed by atoms with Gasteiger partial charge in [0.05, 0.1) is 12.9 Å². The fraction of sp³-hybridized carbons (Fsp3) is 0.333. The number of hydrogen-bond acceptors (Lipinski definition) is 1. The predicted octanol–water partition coefficient (Wildman–Crippen LogP) is 2.81. The largest absolute Gasteiger partial charge is 0.501 e. The van der Waals surface area contributed by atoms with Gasteiger partial charge >= 0.3 is 0 Å². The van der Waals surface area contributed by atoms with E-state index >= 15 is 0 Å². The summed E-state index contributed by atoms with van der Waals surface area (Å²) in [6.07, 6.45) is 9.38. The van der Waals surface area contributed by atoms with Gasteiger partial charge in [-0.25, -0.2) is 0 Å². The summed E-state index contributed by atoms with van der Waals surface area (Å²) in [6.45, 7) is 0. The summed E-state index contributed by atoms with van der Waals surface area (Å²) in [5, 5.41) is 0. The average Bonchev–Trinajstić information content (AvgIpc) is 2.72. The number of ether oxygens (including phenoxy) is 1. The van der Waals surface area contributed by atoms with Gasteiger partial charge in [0.1, 0.15) is 0 Å². The van der Waals surface area contributed by atoms with E-state index in [2.05, 4.69) is 23.2 Å². The van der Waals surface area contributed by atoms with E-state index in [4.69, 9.17) is 4.74 Å². The third-order valence-corrected chi connectivity index (χ3v) is 2.53. The van der Waals surface area contributed by atoms with E-state index in [-0.39, 0.29) is 0 Å². The van der Waals surface area contributed by atoms with Gasteiger partial charge in [-0.2, -0.15) is 0 Å². The molecule has 0 aliphatic heterocycles. The molecule has 0 atom stereocenters. The first kappa shape index (κ1) is 9.13. The van der Waals surface area contributed by atoms with Crippen LogP contribution in [0.1, 0.15) is 18.5 Å². The van der Waals surface area contributed by atoms with Crippen LogP contribution < -0.4 is 0 Å². The fourth-order valence-corrected chi connectivity index (χ4v) is 1.69. The Morgan fingerprint density at radius 3 is 2.86 bits per heavy atom. The van der Waals surface area contributed by atoms with Gasteiger partial charge in [-0.3, -0.25) is 0 Å². The highest BCUT2D eigenvalue weighted by atomic mass is 16.5. The molecule has 2 heteroatoms. The van der Waals surface area contributed by atoms with Crippen LogP contribution in [-0.4, -0.2) is 12.1 Å². The summed E-state index contributed by atoms with van der Waals surface area (Å²) < 4.78 is 5.18. The molecule has 0 amide bonds. The van der Waals surface area contributed by atoms with Crippen LogP contribution in [0.4, 0.5) is 0 Å². The van der Waals surface area contributed by atoms with Crippen molar-refractivity contribution >= 4 is 0 Å². The molecule has 1 aromatic rings. The lowest BCUT2D eigenvalue weighted by Gasteiger charge is -2.12. The molecule has 1 aliphatic rings. The Hall–Kier alpha value is -1.44. The second-order valence-electron chi connectivity index (χ2n) is 3.52. The van der Waals surface area contributed by atoms with Crippen molar-refractivity contribution in [2.75, 3.05) is 7.11 Å². The van der Waals surface area contributed by atoms with Crippen LogP contribution in [0.2, 0.25) is 0 Å². The van der Waals surface area contributed by atoms with E-state index in [1.807, 2.05) is 12.3 Å². The SMILES string of the molecule is COC1=CCC(Cc2ccc[nH]2)=CC1. The Balaban J connectivity index is 1.93. The van der Waals surface area contributed by atoms with Crippen molar-refractivity contribution in [1.29, 1.82) is 0 Å². The number of H-pyrrole nitrogens is 1. The number of aromatic nitrogens is 1. The first-order valence-corrected chi connectivity index (χ1v) is 4.91. The molecule has 0 spiro atoms. The van der Waals surface area contributed by atoms with Crippen molar-refractivity contribution in [3.05, 3.63) is 47.5 Å².